The first-order valence-corrected chi connectivity index (χ1v) is 16.7. The molecular weight excluding hydrogens is 688 g/mol. The Bertz CT molecular complexity index is 2010. The zero-order valence-electron chi connectivity index (χ0n) is 29.9. The number of benzene rings is 6. The largest absolute Gasteiger partial charge is 0.457 e. The van der Waals surface area contributed by atoms with Crippen LogP contribution in [0.5, 0.6) is 57.5 Å². The van der Waals surface area contributed by atoms with E-state index in [4.69, 9.17) is 28.4 Å². The predicted octanol–water partition coefficient (Wildman–Crippen LogP) is 10.8. The van der Waals surface area contributed by atoms with E-state index in [0.29, 0.717) is 68.6 Å². The first-order valence-electron chi connectivity index (χ1n) is 16.7. The molecule has 6 aromatic rings. The molecule has 0 bridgehead atoms. The normalized spacial score (nSPS) is 10.1. The lowest BCUT2D eigenvalue weighted by Gasteiger charge is -2.09. The Balaban J connectivity index is 0.000000208. The molecule has 0 spiro atoms. The van der Waals surface area contributed by atoms with E-state index >= 15 is 0 Å². The number of carbonyl (C=O) groups excluding carboxylic acids is 4. The van der Waals surface area contributed by atoms with Gasteiger partial charge in [0, 0.05) is 25.0 Å². The van der Waals surface area contributed by atoms with Gasteiger partial charge in [-0.25, -0.2) is 0 Å². The van der Waals surface area contributed by atoms with Gasteiger partial charge in [0.1, 0.15) is 57.5 Å². The molecule has 0 heterocycles. The number of Topliss-reactive ketones (excluding diaryl/α,β-unsaturated/α-hetero) is 2. The Kier molecular flexibility index (Phi) is 12.9. The van der Waals surface area contributed by atoms with Crippen LogP contribution in [0.15, 0.2) is 146 Å². The molecule has 0 aliphatic heterocycles. The summed E-state index contributed by atoms with van der Waals surface area (Å²) >= 11 is 0. The number of esters is 2. The number of ketones is 2. The van der Waals surface area contributed by atoms with Gasteiger partial charge in [0.15, 0.2) is 11.6 Å². The quantitative estimate of drug-likeness (QED) is 0.0684. The molecular formula is C44H36O10. The van der Waals surface area contributed by atoms with Crippen molar-refractivity contribution in [3.63, 3.8) is 0 Å². The molecule has 10 nitrogen and oxygen atoms in total. The van der Waals surface area contributed by atoms with E-state index in [9.17, 15) is 19.2 Å². The third-order valence-corrected chi connectivity index (χ3v) is 7.28. The summed E-state index contributed by atoms with van der Waals surface area (Å²) in [6.45, 7) is 5.76. The van der Waals surface area contributed by atoms with Crippen LogP contribution in [0, 0.1) is 0 Å². The molecule has 6 rings (SSSR count). The monoisotopic (exact) mass is 724 g/mol. The van der Waals surface area contributed by atoms with E-state index in [1.807, 2.05) is 0 Å². The Morgan fingerprint density at radius 2 is 0.444 bits per heavy atom. The number of hydrogen-bond acceptors (Lipinski definition) is 10. The molecule has 10 heteroatoms. The molecule has 6 aromatic carbocycles. The van der Waals surface area contributed by atoms with Gasteiger partial charge in [-0.2, -0.15) is 0 Å². The SMILES string of the molecule is CC(=O)Oc1ccc(Oc2ccc(Oc3ccc(OC(C)=O)cc3)cc2)cc1.CC(=O)c1ccc(Oc2ccc(Oc3ccc(C(C)=O)cc3)cc2)cc1. The zero-order chi connectivity index (χ0) is 38.5. The number of hydrogen-bond donors (Lipinski definition) is 0. The highest BCUT2D eigenvalue weighted by Gasteiger charge is 2.06. The first-order chi connectivity index (χ1) is 26.0. The lowest BCUT2D eigenvalue weighted by molar-refractivity contribution is -0.132. The molecule has 0 amide bonds. The summed E-state index contributed by atoms with van der Waals surface area (Å²) in [7, 11) is 0. The molecule has 54 heavy (non-hydrogen) atoms. The van der Waals surface area contributed by atoms with Crippen molar-refractivity contribution in [2.45, 2.75) is 27.7 Å². The van der Waals surface area contributed by atoms with Crippen LogP contribution >= 0.6 is 0 Å². The van der Waals surface area contributed by atoms with Crippen LogP contribution in [0.3, 0.4) is 0 Å². The maximum atomic E-state index is 11.3. The highest BCUT2D eigenvalue weighted by Crippen LogP contribution is 2.30. The second-order valence-corrected chi connectivity index (χ2v) is 11.6. The van der Waals surface area contributed by atoms with E-state index in [-0.39, 0.29) is 23.5 Å². The fraction of sp³-hybridized carbons (Fsp3) is 0.0909. The minimum atomic E-state index is -0.370. The van der Waals surface area contributed by atoms with Gasteiger partial charge >= 0.3 is 11.9 Å². The van der Waals surface area contributed by atoms with Crippen LogP contribution in [-0.4, -0.2) is 23.5 Å². The molecule has 0 saturated heterocycles. The maximum absolute atomic E-state index is 11.3. The fourth-order valence-electron chi connectivity index (χ4n) is 4.69. The third kappa shape index (κ3) is 12.0. The molecule has 0 aromatic heterocycles. The third-order valence-electron chi connectivity index (χ3n) is 7.28. The van der Waals surface area contributed by atoms with Gasteiger partial charge in [0.05, 0.1) is 0 Å². The summed E-state index contributed by atoms with van der Waals surface area (Å²) in [6.07, 6.45) is 0. The highest BCUT2D eigenvalue weighted by molar-refractivity contribution is 5.94. The van der Waals surface area contributed by atoms with E-state index in [0.717, 1.165) is 0 Å². The zero-order valence-corrected chi connectivity index (χ0v) is 29.9. The summed E-state index contributed by atoms with van der Waals surface area (Å²) in [5.74, 6) is 5.38. The van der Waals surface area contributed by atoms with E-state index < -0.39 is 0 Å². The summed E-state index contributed by atoms with van der Waals surface area (Å²) in [5, 5.41) is 0. The van der Waals surface area contributed by atoms with Gasteiger partial charge in [0.2, 0.25) is 0 Å². The van der Waals surface area contributed by atoms with Gasteiger partial charge in [-0.3, -0.25) is 19.2 Å². The Morgan fingerprint density at radius 1 is 0.278 bits per heavy atom. The van der Waals surface area contributed by atoms with Crippen LogP contribution in [-0.2, 0) is 9.59 Å². The Morgan fingerprint density at radius 3 is 0.611 bits per heavy atom. The Hall–Kier alpha value is -7.20. The van der Waals surface area contributed by atoms with Gasteiger partial charge in [-0.05, 0) is 159 Å². The maximum Gasteiger partial charge on any atom is 0.308 e. The topological polar surface area (TPSA) is 124 Å². The van der Waals surface area contributed by atoms with Crippen molar-refractivity contribution in [2.24, 2.45) is 0 Å². The summed E-state index contributed by atoms with van der Waals surface area (Å²) in [6, 6.07) is 41.8. The molecule has 272 valence electrons. The lowest BCUT2D eigenvalue weighted by atomic mass is 10.1. The fourth-order valence-corrected chi connectivity index (χ4v) is 4.69. The van der Waals surface area contributed by atoms with Crippen molar-refractivity contribution >= 4 is 23.5 Å². The van der Waals surface area contributed by atoms with Crippen LogP contribution in [0.4, 0.5) is 0 Å². The van der Waals surface area contributed by atoms with Gasteiger partial charge in [-0.1, -0.05) is 0 Å². The van der Waals surface area contributed by atoms with Crippen molar-refractivity contribution in [1.29, 1.82) is 0 Å². The molecule has 0 aliphatic carbocycles. The average molecular weight is 725 g/mol. The van der Waals surface area contributed by atoms with Crippen molar-refractivity contribution in [2.75, 3.05) is 0 Å². The number of carbonyl (C=O) groups is 4. The summed E-state index contributed by atoms with van der Waals surface area (Å²) in [4.78, 5) is 44.4. The minimum absolute atomic E-state index is 0.0226. The smallest absolute Gasteiger partial charge is 0.308 e. The standard InChI is InChI=1S/C22H18O6.C22H18O4/c1-15(23)25-17-3-7-19(8-4-17)27-21-11-13-22(14-12-21)28-20-9-5-18(6-10-20)26-16(2)24;1-15(23)17-3-7-19(8-4-17)25-21-11-13-22(14-12-21)26-20-9-5-18(6-10-20)16(2)24/h3-14H,1-2H3;3-14H,1-2H3. The van der Waals surface area contributed by atoms with Crippen molar-refractivity contribution in [1.82, 2.24) is 0 Å². The average Bonchev–Trinajstić information content (AvgIpc) is 3.15. The predicted molar refractivity (Wildman–Crippen MR) is 202 cm³/mol. The molecule has 0 aliphatic rings. The lowest BCUT2D eigenvalue weighted by Crippen LogP contribution is -2.00. The van der Waals surface area contributed by atoms with Crippen molar-refractivity contribution in [3.8, 4) is 57.5 Å². The van der Waals surface area contributed by atoms with Crippen LogP contribution < -0.4 is 28.4 Å². The molecule has 0 saturated carbocycles. The molecule has 0 radical (unpaired) electrons. The Labute approximate surface area is 312 Å². The van der Waals surface area contributed by atoms with E-state index in [2.05, 4.69) is 0 Å². The minimum Gasteiger partial charge on any atom is -0.457 e. The van der Waals surface area contributed by atoms with Gasteiger partial charge in [-0.15, -0.1) is 0 Å². The highest BCUT2D eigenvalue weighted by atomic mass is 16.5. The van der Waals surface area contributed by atoms with Crippen LogP contribution in [0.2, 0.25) is 0 Å². The van der Waals surface area contributed by atoms with E-state index in [1.54, 1.807) is 146 Å². The van der Waals surface area contributed by atoms with Crippen LogP contribution in [0.25, 0.3) is 0 Å². The summed E-state index contributed by atoms with van der Waals surface area (Å²) in [5.41, 5.74) is 1.30. The van der Waals surface area contributed by atoms with Gasteiger partial charge in [0.25, 0.3) is 0 Å². The van der Waals surface area contributed by atoms with Gasteiger partial charge < -0.3 is 28.4 Å². The van der Waals surface area contributed by atoms with Crippen molar-refractivity contribution < 1.29 is 47.6 Å². The molecule has 0 N–H and O–H groups in total. The molecule has 0 atom stereocenters. The first kappa shape index (κ1) is 38.0. The van der Waals surface area contributed by atoms with Crippen LogP contribution in [0.1, 0.15) is 48.4 Å². The number of ether oxygens (including phenoxy) is 6. The molecule has 0 unspecified atom stereocenters. The van der Waals surface area contributed by atoms with Crippen molar-refractivity contribution in [3.05, 3.63) is 157 Å². The molecule has 0 fully saturated rings. The second-order valence-electron chi connectivity index (χ2n) is 11.6. The summed E-state index contributed by atoms with van der Waals surface area (Å²) < 4.78 is 33.0. The van der Waals surface area contributed by atoms with E-state index in [1.165, 1.54) is 27.7 Å². The number of rotatable bonds is 12. The second kappa shape index (κ2) is 18.3.